The van der Waals surface area contributed by atoms with Crippen molar-refractivity contribution in [2.45, 2.75) is 10.1 Å². The quantitative estimate of drug-likeness (QED) is 0.648. The fourth-order valence-corrected chi connectivity index (χ4v) is 3.46. The molecule has 0 atom stereocenters. The van der Waals surface area contributed by atoms with Gasteiger partial charge in [0.05, 0.1) is 4.90 Å². The van der Waals surface area contributed by atoms with Gasteiger partial charge in [0.1, 0.15) is 0 Å². The highest BCUT2D eigenvalue weighted by Crippen LogP contribution is 2.13. The van der Waals surface area contributed by atoms with Crippen molar-refractivity contribution in [3.8, 4) is 0 Å². The molecule has 7 heteroatoms. The Balaban J connectivity index is 1.84. The molecule has 0 aliphatic rings. The van der Waals surface area contributed by atoms with E-state index >= 15 is 0 Å². The number of hydrogen-bond donors (Lipinski definition) is 1. The number of nitrogens with one attached hydrogen (secondary N) is 1. The van der Waals surface area contributed by atoms with E-state index in [4.69, 9.17) is 0 Å². The number of rotatable bonds is 6. The van der Waals surface area contributed by atoms with Crippen LogP contribution in [-0.4, -0.2) is 30.3 Å². The summed E-state index contributed by atoms with van der Waals surface area (Å²) in [6.07, 6.45) is 3.58. The lowest BCUT2D eigenvalue weighted by Crippen LogP contribution is -2.26. The van der Waals surface area contributed by atoms with Gasteiger partial charge in [0.15, 0.2) is 5.16 Å². The van der Waals surface area contributed by atoms with Gasteiger partial charge in [-0.3, -0.25) is 0 Å². The van der Waals surface area contributed by atoms with E-state index in [9.17, 15) is 8.42 Å². The molecule has 0 radical (unpaired) electrons. The summed E-state index contributed by atoms with van der Waals surface area (Å²) in [4.78, 5) is 4.45. The average molecular weight is 297 g/mol. The lowest BCUT2D eigenvalue weighted by Gasteiger charge is -2.06. The smallest absolute Gasteiger partial charge is 0.240 e. The van der Waals surface area contributed by atoms with E-state index in [0.29, 0.717) is 12.3 Å². The number of hydrogen-bond acceptors (Lipinski definition) is 4. The molecule has 0 amide bonds. The largest absolute Gasteiger partial charge is 0.329 e. The summed E-state index contributed by atoms with van der Waals surface area (Å²) in [5.41, 5.74) is 0. The van der Waals surface area contributed by atoms with Crippen molar-refractivity contribution in [1.82, 2.24) is 14.3 Å². The molecule has 0 fully saturated rings. The molecule has 1 aromatic carbocycles. The maximum Gasteiger partial charge on any atom is 0.240 e. The average Bonchev–Trinajstić information content (AvgIpc) is 2.81. The van der Waals surface area contributed by atoms with Gasteiger partial charge in [-0.1, -0.05) is 30.0 Å². The number of benzene rings is 1. The molecule has 2 rings (SSSR count). The zero-order valence-corrected chi connectivity index (χ0v) is 12.1. The van der Waals surface area contributed by atoms with Gasteiger partial charge in [0.25, 0.3) is 0 Å². The van der Waals surface area contributed by atoms with Gasteiger partial charge >= 0.3 is 0 Å². The molecular formula is C12H15N3O2S2. The number of thioether (sulfide) groups is 1. The normalized spacial score (nSPS) is 11.6. The lowest BCUT2D eigenvalue weighted by molar-refractivity contribution is 0.584. The van der Waals surface area contributed by atoms with E-state index < -0.39 is 10.0 Å². The Labute approximate surface area is 117 Å². The summed E-state index contributed by atoms with van der Waals surface area (Å²) in [7, 11) is -1.50. The van der Waals surface area contributed by atoms with Crippen LogP contribution in [-0.2, 0) is 17.1 Å². The van der Waals surface area contributed by atoms with Crippen molar-refractivity contribution < 1.29 is 8.42 Å². The van der Waals surface area contributed by atoms with Crippen LogP contribution in [0.4, 0.5) is 0 Å². The van der Waals surface area contributed by atoms with Crippen LogP contribution in [0.5, 0.6) is 0 Å². The van der Waals surface area contributed by atoms with Crippen molar-refractivity contribution in [2.75, 3.05) is 12.3 Å². The van der Waals surface area contributed by atoms with E-state index in [1.165, 1.54) is 11.8 Å². The molecule has 0 aliphatic carbocycles. The second-order valence-electron chi connectivity index (χ2n) is 3.88. The molecule has 1 aromatic heterocycles. The van der Waals surface area contributed by atoms with Crippen LogP contribution in [0.3, 0.4) is 0 Å². The fourth-order valence-electron chi connectivity index (χ4n) is 1.49. The molecule has 1 heterocycles. The topological polar surface area (TPSA) is 64.0 Å². The molecule has 0 aliphatic heterocycles. The van der Waals surface area contributed by atoms with E-state index in [0.717, 1.165) is 5.16 Å². The molecule has 0 spiro atoms. The first-order chi connectivity index (χ1) is 9.09. The fraction of sp³-hybridized carbons (Fsp3) is 0.250. The van der Waals surface area contributed by atoms with Crippen molar-refractivity contribution in [3.63, 3.8) is 0 Å². The minimum Gasteiger partial charge on any atom is -0.329 e. The monoisotopic (exact) mass is 297 g/mol. The van der Waals surface area contributed by atoms with Crippen molar-refractivity contribution >= 4 is 21.8 Å². The molecule has 1 N–H and O–H groups in total. The highest BCUT2D eigenvalue weighted by Gasteiger charge is 2.12. The van der Waals surface area contributed by atoms with Crippen LogP contribution < -0.4 is 4.72 Å². The Kier molecular flexibility index (Phi) is 4.62. The Bertz CT molecular complexity index is 623. The Morgan fingerprint density at radius 2 is 2.05 bits per heavy atom. The first-order valence-electron chi connectivity index (χ1n) is 5.74. The standard InChI is InChI=1S/C12H15N3O2S2/c1-15-9-7-13-12(15)18-10-8-14-19(16,17)11-5-3-2-4-6-11/h2-7,9,14H,8,10H2,1H3. The molecule has 0 saturated heterocycles. The van der Waals surface area contributed by atoms with Crippen LogP contribution in [0.25, 0.3) is 0 Å². The SMILES string of the molecule is Cn1ccnc1SCCNS(=O)(=O)c1ccccc1. The highest BCUT2D eigenvalue weighted by molar-refractivity contribution is 7.99. The zero-order chi connectivity index (χ0) is 13.7. The third kappa shape index (κ3) is 3.82. The van der Waals surface area contributed by atoms with E-state index in [-0.39, 0.29) is 4.90 Å². The van der Waals surface area contributed by atoms with Gasteiger partial charge in [-0.15, -0.1) is 0 Å². The summed E-state index contributed by atoms with van der Waals surface area (Å²) >= 11 is 1.51. The molecule has 5 nitrogen and oxygen atoms in total. The van der Waals surface area contributed by atoms with E-state index in [2.05, 4.69) is 9.71 Å². The lowest BCUT2D eigenvalue weighted by atomic mass is 10.4. The maximum absolute atomic E-state index is 11.9. The highest BCUT2D eigenvalue weighted by atomic mass is 32.2. The Hall–Kier alpha value is -1.31. The van der Waals surface area contributed by atoms with Crippen molar-refractivity contribution in [2.24, 2.45) is 7.05 Å². The summed E-state index contributed by atoms with van der Waals surface area (Å²) in [6.45, 7) is 0.370. The van der Waals surface area contributed by atoms with Crippen LogP contribution in [0, 0.1) is 0 Å². The van der Waals surface area contributed by atoms with Gasteiger partial charge in [0.2, 0.25) is 10.0 Å². The number of nitrogens with zero attached hydrogens (tertiary/aromatic N) is 2. The summed E-state index contributed by atoms with van der Waals surface area (Å²) in [6, 6.07) is 8.35. The first-order valence-corrected chi connectivity index (χ1v) is 8.21. The van der Waals surface area contributed by atoms with Crippen LogP contribution >= 0.6 is 11.8 Å². The molecule has 0 saturated carbocycles. The number of imidazole rings is 1. The third-order valence-electron chi connectivity index (χ3n) is 2.46. The van der Waals surface area contributed by atoms with Gasteiger partial charge in [-0.2, -0.15) is 0 Å². The summed E-state index contributed by atoms with van der Waals surface area (Å²) < 4.78 is 28.3. The maximum atomic E-state index is 11.9. The third-order valence-corrected chi connectivity index (χ3v) is 4.99. The first kappa shape index (κ1) is 14.1. The predicted molar refractivity (Wildman–Crippen MR) is 75.6 cm³/mol. The van der Waals surface area contributed by atoms with Crippen LogP contribution in [0.15, 0.2) is 52.8 Å². The number of aryl methyl sites for hydroxylation is 1. The van der Waals surface area contributed by atoms with Crippen molar-refractivity contribution in [3.05, 3.63) is 42.7 Å². The molecule has 0 bridgehead atoms. The second-order valence-corrected chi connectivity index (χ2v) is 6.71. The van der Waals surface area contributed by atoms with Gasteiger partial charge in [-0.05, 0) is 12.1 Å². The molecule has 19 heavy (non-hydrogen) atoms. The Morgan fingerprint density at radius 1 is 1.32 bits per heavy atom. The van der Waals surface area contributed by atoms with Gasteiger partial charge in [-0.25, -0.2) is 18.1 Å². The Morgan fingerprint density at radius 3 is 2.68 bits per heavy atom. The number of aromatic nitrogens is 2. The van der Waals surface area contributed by atoms with Crippen LogP contribution in [0.2, 0.25) is 0 Å². The van der Waals surface area contributed by atoms with Gasteiger partial charge < -0.3 is 4.57 Å². The molecule has 102 valence electrons. The second kappa shape index (κ2) is 6.23. The summed E-state index contributed by atoms with van der Waals surface area (Å²) in [5.74, 6) is 0.636. The molecular weight excluding hydrogens is 282 g/mol. The van der Waals surface area contributed by atoms with Crippen molar-refractivity contribution in [1.29, 1.82) is 0 Å². The number of sulfonamides is 1. The van der Waals surface area contributed by atoms with E-state index in [1.807, 2.05) is 17.8 Å². The minimum absolute atomic E-state index is 0.289. The van der Waals surface area contributed by atoms with E-state index in [1.54, 1.807) is 36.5 Å². The molecule has 2 aromatic rings. The minimum atomic E-state index is -3.40. The molecule has 0 unspecified atom stereocenters. The van der Waals surface area contributed by atoms with Crippen LogP contribution in [0.1, 0.15) is 0 Å². The predicted octanol–water partition coefficient (Wildman–Crippen LogP) is 1.49. The van der Waals surface area contributed by atoms with Gasteiger partial charge in [0, 0.05) is 31.7 Å². The zero-order valence-electron chi connectivity index (χ0n) is 10.5. The summed E-state index contributed by atoms with van der Waals surface area (Å²) in [5, 5.41) is 0.874.